The summed E-state index contributed by atoms with van der Waals surface area (Å²) in [6, 6.07) is 9.08. The number of carbonyl (C=O) groups excluding carboxylic acids is 1. The van der Waals surface area contributed by atoms with Gasteiger partial charge in [0, 0.05) is 18.8 Å². The lowest BCUT2D eigenvalue weighted by molar-refractivity contribution is -0.138. The van der Waals surface area contributed by atoms with Gasteiger partial charge in [0.2, 0.25) is 0 Å². The Hall–Kier alpha value is -2.54. The number of amides is 1. The van der Waals surface area contributed by atoms with Crippen molar-refractivity contribution in [2.45, 2.75) is 32.5 Å². The summed E-state index contributed by atoms with van der Waals surface area (Å²) in [5, 5.41) is 2.70. The predicted octanol–water partition coefficient (Wildman–Crippen LogP) is 4.73. The molecule has 2 aromatic carbocycles. The minimum atomic E-state index is -4.60. The average Bonchev–Trinajstić information content (AvgIpc) is 2.66. The molecular weight excluding hydrogens is 369 g/mol. The fourth-order valence-electron chi connectivity index (χ4n) is 3.56. The van der Waals surface area contributed by atoms with Crippen molar-refractivity contribution in [2.24, 2.45) is 0 Å². The molecule has 0 radical (unpaired) electrons. The van der Waals surface area contributed by atoms with Crippen molar-refractivity contribution < 1.29 is 22.7 Å². The smallest absolute Gasteiger partial charge is 0.419 e. The topological polar surface area (TPSA) is 41.6 Å². The van der Waals surface area contributed by atoms with E-state index in [0.29, 0.717) is 5.69 Å². The number of benzene rings is 2. The molecular formula is C21H23F3N2O2. The third-order valence-electron chi connectivity index (χ3n) is 4.86. The number of fused-ring (bicyclic) bond motifs is 1. The Morgan fingerprint density at radius 1 is 1.21 bits per heavy atom. The van der Waals surface area contributed by atoms with E-state index in [-0.39, 0.29) is 5.56 Å². The summed E-state index contributed by atoms with van der Waals surface area (Å²) in [7, 11) is 1.13. The van der Waals surface area contributed by atoms with E-state index in [1.165, 1.54) is 17.7 Å². The molecule has 0 aliphatic carbocycles. The molecule has 0 bridgehead atoms. The van der Waals surface area contributed by atoms with E-state index in [2.05, 4.69) is 17.1 Å². The zero-order chi connectivity index (χ0) is 20.3. The van der Waals surface area contributed by atoms with Crippen molar-refractivity contribution in [1.82, 2.24) is 4.90 Å². The molecule has 7 heteroatoms. The molecule has 0 atom stereocenters. The van der Waals surface area contributed by atoms with E-state index in [1.54, 1.807) is 6.07 Å². The van der Waals surface area contributed by atoms with Gasteiger partial charge < -0.3 is 10.1 Å². The lowest BCUT2D eigenvalue weighted by Crippen LogP contribution is -2.31. The van der Waals surface area contributed by atoms with Gasteiger partial charge in [-0.1, -0.05) is 19.1 Å². The molecule has 4 nitrogen and oxygen atoms in total. The van der Waals surface area contributed by atoms with Gasteiger partial charge in [0.15, 0.2) is 0 Å². The predicted molar refractivity (Wildman–Crippen MR) is 102 cm³/mol. The highest BCUT2D eigenvalue weighted by Crippen LogP contribution is 2.38. The van der Waals surface area contributed by atoms with Crippen LogP contribution in [-0.4, -0.2) is 31.0 Å². The normalized spacial score (nSPS) is 14.5. The Labute approximate surface area is 162 Å². The number of hydrogen-bond acceptors (Lipinski definition) is 3. The molecule has 1 heterocycles. The fourth-order valence-corrected chi connectivity index (χ4v) is 3.56. The number of hydrogen-bond donors (Lipinski definition) is 1. The van der Waals surface area contributed by atoms with Crippen LogP contribution in [0.4, 0.5) is 18.9 Å². The van der Waals surface area contributed by atoms with Crippen molar-refractivity contribution in [2.75, 3.05) is 25.5 Å². The van der Waals surface area contributed by atoms with Gasteiger partial charge in [0.1, 0.15) is 5.75 Å². The van der Waals surface area contributed by atoms with Crippen molar-refractivity contribution in [3.05, 3.63) is 58.7 Å². The molecule has 1 aliphatic heterocycles. The molecule has 1 amide bonds. The Morgan fingerprint density at radius 2 is 2.00 bits per heavy atom. The molecule has 0 saturated heterocycles. The Kier molecular flexibility index (Phi) is 5.93. The molecule has 1 aliphatic rings. The highest BCUT2D eigenvalue weighted by molar-refractivity contribution is 6.06. The van der Waals surface area contributed by atoms with E-state index >= 15 is 0 Å². The van der Waals surface area contributed by atoms with Crippen LogP contribution in [0.3, 0.4) is 0 Å². The van der Waals surface area contributed by atoms with Crippen LogP contribution in [0.5, 0.6) is 5.75 Å². The Morgan fingerprint density at radius 3 is 2.68 bits per heavy atom. The van der Waals surface area contributed by atoms with Gasteiger partial charge in [-0.3, -0.25) is 9.69 Å². The zero-order valence-electron chi connectivity index (χ0n) is 15.9. The minimum Gasteiger partial charge on any atom is -0.495 e. The number of carbonyl (C=O) groups is 1. The Balaban J connectivity index is 1.84. The number of rotatable bonds is 5. The highest BCUT2D eigenvalue weighted by Gasteiger charge is 2.36. The monoisotopic (exact) mass is 392 g/mol. The first-order valence-electron chi connectivity index (χ1n) is 9.23. The standard InChI is InChI=1S/C21H23F3N2O2/c1-3-10-26-11-9-14-7-8-16(12-15(14)13-26)25-20(27)17-5-4-6-18(19(17)28-2)21(22,23)24/h4-8,12H,3,9-11,13H2,1-2H3,(H,25,27). The van der Waals surface area contributed by atoms with Crippen molar-refractivity contribution in [3.8, 4) is 5.75 Å². The third kappa shape index (κ3) is 4.30. The minimum absolute atomic E-state index is 0.150. The van der Waals surface area contributed by atoms with Crippen LogP contribution in [0.2, 0.25) is 0 Å². The van der Waals surface area contributed by atoms with E-state index in [0.717, 1.165) is 51.2 Å². The molecule has 28 heavy (non-hydrogen) atoms. The van der Waals surface area contributed by atoms with E-state index in [4.69, 9.17) is 4.74 Å². The number of ether oxygens (including phenoxy) is 1. The third-order valence-corrected chi connectivity index (χ3v) is 4.86. The van der Waals surface area contributed by atoms with Crippen LogP contribution < -0.4 is 10.1 Å². The van der Waals surface area contributed by atoms with Crippen molar-refractivity contribution >= 4 is 11.6 Å². The van der Waals surface area contributed by atoms with E-state index in [1.807, 2.05) is 12.1 Å². The summed E-state index contributed by atoms with van der Waals surface area (Å²) in [5.74, 6) is -1.11. The van der Waals surface area contributed by atoms with Crippen LogP contribution in [0.25, 0.3) is 0 Å². The molecule has 150 valence electrons. The second-order valence-electron chi connectivity index (χ2n) is 6.85. The van der Waals surface area contributed by atoms with E-state index < -0.39 is 23.4 Å². The van der Waals surface area contributed by atoms with Crippen LogP contribution in [0.1, 0.15) is 40.4 Å². The maximum atomic E-state index is 13.2. The molecule has 0 fully saturated rings. The van der Waals surface area contributed by atoms with Gasteiger partial charge in [-0.25, -0.2) is 0 Å². The van der Waals surface area contributed by atoms with Crippen LogP contribution in [-0.2, 0) is 19.1 Å². The van der Waals surface area contributed by atoms with Crippen LogP contribution in [0, 0.1) is 0 Å². The number of anilines is 1. The van der Waals surface area contributed by atoms with Gasteiger partial charge in [-0.05, 0) is 54.8 Å². The molecule has 0 aromatic heterocycles. The Bertz CT molecular complexity index is 865. The average molecular weight is 392 g/mol. The highest BCUT2D eigenvalue weighted by atomic mass is 19.4. The maximum Gasteiger partial charge on any atom is 0.419 e. The molecule has 2 aromatic rings. The summed E-state index contributed by atoms with van der Waals surface area (Å²) in [6.07, 6.45) is -2.58. The number of alkyl halides is 3. The fraction of sp³-hybridized carbons (Fsp3) is 0.381. The summed E-state index contributed by atoms with van der Waals surface area (Å²) < 4.78 is 44.4. The molecule has 3 rings (SSSR count). The second kappa shape index (κ2) is 8.22. The first kappa shape index (κ1) is 20.2. The van der Waals surface area contributed by atoms with Crippen molar-refractivity contribution in [1.29, 1.82) is 0 Å². The summed E-state index contributed by atoms with van der Waals surface area (Å²) in [4.78, 5) is 15.0. The van der Waals surface area contributed by atoms with Gasteiger partial charge in [0.25, 0.3) is 5.91 Å². The van der Waals surface area contributed by atoms with Gasteiger partial charge >= 0.3 is 6.18 Å². The largest absolute Gasteiger partial charge is 0.495 e. The first-order chi connectivity index (χ1) is 13.3. The van der Waals surface area contributed by atoms with E-state index in [9.17, 15) is 18.0 Å². The first-order valence-corrected chi connectivity index (χ1v) is 9.23. The molecule has 0 spiro atoms. The second-order valence-corrected chi connectivity index (χ2v) is 6.85. The number of para-hydroxylation sites is 1. The van der Waals surface area contributed by atoms with Crippen LogP contribution in [0.15, 0.2) is 36.4 Å². The van der Waals surface area contributed by atoms with Gasteiger partial charge in [-0.15, -0.1) is 0 Å². The van der Waals surface area contributed by atoms with Crippen molar-refractivity contribution in [3.63, 3.8) is 0 Å². The number of halogens is 3. The maximum absolute atomic E-state index is 13.2. The summed E-state index contributed by atoms with van der Waals surface area (Å²) >= 11 is 0. The molecule has 1 N–H and O–H groups in total. The SMILES string of the molecule is CCCN1CCc2ccc(NC(=O)c3cccc(C(F)(F)F)c3OC)cc2C1. The molecule has 0 saturated carbocycles. The molecule has 0 unspecified atom stereocenters. The summed E-state index contributed by atoms with van der Waals surface area (Å²) in [6.45, 7) is 4.96. The van der Waals surface area contributed by atoms with Crippen LogP contribution >= 0.6 is 0 Å². The number of nitrogens with one attached hydrogen (secondary N) is 1. The number of methoxy groups -OCH3 is 1. The lowest BCUT2D eigenvalue weighted by atomic mass is 9.98. The zero-order valence-corrected chi connectivity index (χ0v) is 15.9. The number of nitrogens with zero attached hydrogens (tertiary/aromatic N) is 1. The quantitative estimate of drug-likeness (QED) is 0.800. The van der Waals surface area contributed by atoms with Gasteiger partial charge in [0.05, 0.1) is 18.2 Å². The lowest BCUT2D eigenvalue weighted by Gasteiger charge is -2.28. The van der Waals surface area contributed by atoms with Gasteiger partial charge in [-0.2, -0.15) is 13.2 Å². The summed E-state index contributed by atoms with van der Waals surface area (Å²) in [5.41, 5.74) is 1.81.